The number of sulfone groups is 1. The highest BCUT2D eigenvalue weighted by Gasteiger charge is 2.39. The molecular weight excluding hydrogens is 462 g/mol. The second-order valence-electron chi connectivity index (χ2n) is 9.29. The third-order valence-corrected chi connectivity index (χ3v) is 6.19. The number of rotatable bonds is 7. The van der Waals surface area contributed by atoms with Gasteiger partial charge >= 0.3 is 12.6 Å². The summed E-state index contributed by atoms with van der Waals surface area (Å²) in [6, 6.07) is 3.91. The second kappa shape index (κ2) is 9.15. The van der Waals surface area contributed by atoms with Gasteiger partial charge in [0.2, 0.25) is 15.0 Å². The Morgan fingerprint density at radius 2 is 1.94 bits per heavy atom. The summed E-state index contributed by atoms with van der Waals surface area (Å²) in [6.07, 6.45) is -1.24. The number of fused-ring (bicyclic) bond motifs is 1. The maximum Gasteiger partial charge on any atom is 0.387 e. The molecule has 1 aliphatic heterocycles. The molecule has 0 saturated carbocycles. The van der Waals surface area contributed by atoms with E-state index in [2.05, 4.69) is 14.7 Å². The quantitative estimate of drug-likeness (QED) is 0.586. The molecule has 1 N–H and O–H groups in total. The fourth-order valence-electron chi connectivity index (χ4n) is 3.63. The van der Waals surface area contributed by atoms with E-state index in [0.717, 1.165) is 0 Å². The number of alkyl halides is 2. The molecule has 2 heterocycles. The van der Waals surface area contributed by atoms with Crippen molar-refractivity contribution < 1.29 is 40.9 Å². The van der Waals surface area contributed by atoms with Gasteiger partial charge in [0.15, 0.2) is 5.79 Å². The minimum Gasteiger partial charge on any atom is -0.460 e. The molecule has 2 atom stereocenters. The van der Waals surface area contributed by atoms with Crippen molar-refractivity contribution in [3.8, 4) is 5.75 Å². The summed E-state index contributed by atoms with van der Waals surface area (Å²) in [4.78, 5) is 18.9. The van der Waals surface area contributed by atoms with Gasteiger partial charge in [-0.25, -0.2) is 13.4 Å². The standard InChI is InChI=1S/C21H28F2N2O7S/c1-20(2,3)32-17(26)10-13-8-14(31-21(4,5)30-13)11-33(27,28)19-24-15-7-6-12(29-18(22)23)9-16(15)25-19/h6-7,9,13-14,18H,8,10-11H2,1-5H3,(H,24,25)/t13?,14-/m0/s1. The molecule has 0 aliphatic carbocycles. The molecule has 2 aromatic rings. The summed E-state index contributed by atoms with van der Waals surface area (Å²) in [5.74, 6) is -2.10. The lowest BCUT2D eigenvalue weighted by molar-refractivity contribution is -0.295. The predicted octanol–water partition coefficient (Wildman–Crippen LogP) is 3.58. The fraction of sp³-hybridized carbons (Fsp3) is 0.619. The molecule has 1 unspecified atom stereocenters. The molecule has 1 aromatic carbocycles. The van der Waals surface area contributed by atoms with Crippen LogP contribution in [-0.2, 0) is 28.8 Å². The molecule has 0 amide bonds. The number of imidazole rings is 1. The number of esters is 1. The highest BCUT2D eigenvalue weighted by molar-refractivity contribution is 7.91. The number of ether oxygens (including phenoxy) is 4. The van der Waals surface area contributed by atoms with Crippen LogP contribution in [0.5, 0.6) is 5.75 Å². The zero-order valence-corrected chi connectivity index (χ0v) is 19.9. The molecule has 1 fully saturated rings. The molecule has 1 aliphatic rings. The first-order chi connectivity index (χ1) is 15.1. The molecule has 0 radical (unpaired) electrons. The second-order valence-corrected chi connectivity index (χ2v) is 11.2. The number of hydrogen-bond acceptors (Lipinski definition) is 8. The maximum absolute atomic E-state index is 13.0. The van der Waals surface area contributed by atoms with Crippen LogP contribution < -0.4 is 4.74 Å². The summed E-state index contributed by atoms with van der Waals surface area (Å²) in [6.45, 7) is 5.54. The maximum atomic E-state index is 13.0. The number of aromatic amines is 1. The predicted molar refractivity (Wildman–Crippen MR) is 114 cm³/mol. The van der Waals surface area contributed by atoms with Crippen LogP contribution in [0.2, 0.25) is 0 Å². The van der Waals surface area contributed by atoms with Gasteiger partial charge in [0.25, 0.3) is 0 Å². The number of benzene rings is 1. The van der Waals surface area contributed by atoms with Crippen LogP contribution in [0.1, 0.15) is 47.5 Å². The normalized spacial score (nSPS) is 21.3. The lowest BCUT2D eigenvalue weighted by atomic mass is 10.1. The van der Waals surface area contributed by atoms with E-state index in [1.54, 1.807) is 34.6 Å². The first-order valence-corrected chi connectivity index (χ1v) is 12.0. The number of nitrogens with zero attached hydrogens (tertiary/aromatic N) is 1. The minimum absolute atomic E-state index is 0.0435. The fourth-order valence-corrected chi connectivity index (χ4v) is 4.98. The third-order valence-electron chi connectivity index (χ3n) is 4.60. The Bertz CT molecular complexity index is 1110. The van der Waals surface area contributed by atoms with Crippen molar-refractivity contribution in [2.45, 2.75) is 82.8 Å². The summed E-state index contributed by atoms with van der Waals surface area (Å²) in [5, 5.41) is -0.316. The van der Waals surface area contributed by atoms with Crippen molar-refractivity contribution in [2.24, 2.45) is 0 Å². The van der Waals surface area contributed by atoms with Gasteiger partial charge in [0.05, 0.1) is 35.4 Å². The molecule has 0 spiro atoms. The SMILES string of the molecule is CC(C)(C)OC(=O)CC1C[C@@H](CS(=O)(=O)c2nc3ccc(OC(F)F)cc3[nH]2)OC(C)(C)O1. The Morgan fingerprint density at radius 1 is 1.27 bits per heavy atom. The monoisotopic (exact) mass is 490 g/mol. The number of halogens is 2. The van der Waals surface area contributed by atoms with E-state index in [1.807, 2.05) is 0 Å². The Labute approximate surface area is 190 Å². The van der Waals surface area contributed by atoms with Crippen LogP contribution >= 0.6 is 0 Å². The number of H-pyrrole nitrogens is 1. The number of carbonyl (C=O) groups excluding carboxylic acids is 1. The van der Waals surface area contributed by atoms with Crippen LogP contribution in [-0.4, -0.2) is 60.3 Å². The molecule has 184 valence electrons. The molecular formula is C21H28F2N2O7S. The average molecular weight is 491 g/mol. The van der Waals surface area contributed by atoms with Crippen molar-refractivity contribution >= 4 is 26.8 Å². The topological polar surface area (TPSA) is 117 Å². The van der Waals surface area contributed by atoms with E-state index in [4.69, 9.17) is 14.2 Å². The zero-order valence-electron chi connectivity index (χ0n) is 19.1. The van der Waals surface area contributed by atoms with Gasteiger partial charge in [-0.2, -0.15) is 8.78 Å². The highest BCUT2D eigenvalue weighted by Crippen LogP contribution is 2.31. The van der Waals surface area contributed by atoms with Crippen LogP contribution in [0.3, 0.4) is 0 Å². The van der Waals surface area contributed by atoms with Gasteiger partial charge in [-0.1, -0.05) is 0 Å². The Hall–Kier alpha value is -2.31. The molecule has 3 rings (SSSR count). The first kappa shape index (κ1) is 25.3. The summed E-state index contributed by atoms with van der Waals surface area (Å²) in [7, 11) is -3.94. The van der Waals surface area contributed by atoms with E-state index in [1.165, 1.54) is 18.2 Å². The van der Waals surface area contributed by atoms with Crippen LogP contribution in [0.25, 0.3) is 11.0 Å². The smallest absolute Gasteiger partial charge is 0.387 e. The van der Waals surface area contributed by atoms with E-state index in [9.17, 15) is 22.0 Å². The zero-order chi connectivity index (χ0) is 24.6. The van der Waals surface area contributed by atoms with Gasteiger partial charge in [0, 0.05) is 12.5 Å². The van der Waals surface area contributed by atoms with Gasteiger partial charge in [0.1, 0.15) is 11.4 Å². The van der Waals surface area contributed by atoms with Gasteiger partial charge in [-0.05, 0) is 46.8 Å². The van der Waals surface area contributed by atoms with E-state index in [-0.39, 0.29) is 34.8 Å². The Kier molecular flexibility index (Phi) is 7.02. The van der Waals surface area contributed by atoms with Crippen molar-refractivity contribution in [1.29, 1.82) is 0 Å². The minimum atomic E-state index is -3.94. The lowest BCUT2D eigenvalue weighted by Crippen LogP contribution is -2.47. The van der Waals surface area contributed by atoms with Gasteiger partial charge in [-0.3, -0.25) is 4.79 Å². The Morgan fingerprint density at radius 3 is 2.58 bits per heavy atom. The summed E-state index contributed by atoms with van der Waals surface area (Å²) < 4.78 is 72.1. The molecule has 9 nitrogen and oxygen atoms in total. The Balaban J connectivity index is 1.74. The van der Waals surface area contributed by atoms with E-state index >= 15 is 0 Å². The number of hydrogen-bond donors (Lipinski definition) is 1. The highest BCUT2D eigenvalue weighted by atomic mass is 32.2. The largest absolute Gasteiger partial charge is 0.460 e. The molecule has 1 aromatic heterocycles. The summed E-state index contributed by atoms with van der Waals surface area (Å²) in [5.41, 5.74) is -0.129. The van der Waals surface area contributed by atoms with Crippen LogP contribution in [0.4, 0.5) is 8.78 Å². The first-order valence-electron chi connectivity index (χ1n) is 10.4. The number of carbonyl (C=O) groups is 1. The van der Waals surface area contributed by atoms with Crippen molar-refractivity contribution in [1.82, 2.24) is 9.97 Å². The van der Waals surface area contributed by atoms with Gasteiger partial charge in [-0.15, -0.1) is 0 Å². The van der Waals surface area contributed by atoms with Gasteiger partial charge < -0.3 is 23.9 Å². The van der Waals surface area contributed by atoms with Crippen molar-refractivity contribution in [3.05, 3.63) is 18.2 Å². The van der Waals surface area contributed by atoms with Crippen LogP contribution in [0, 0.1) is 0 Å². The van der Waals surface area contributed by atoms with E-state index in [0.29, 0.717) is 0 Å². The van der Waals surface area contributed by atoms with Crippen molar-refractivity contribution in [2.75, 3.05) is 5.75 Å². The summed E-state index contributed by atoms with van der Waals surface area (Å²) >= 11 is 0. The molecule has 33 heavy (non-hydrogen) atoms. The molecule has 0 bridgehead atoms. The van der Waals surface area contributed by atoms with Crippen LogP contribution in [0.15, 0.2) is 23.4 Å². The number of nitrogens with one attached hydrogen (secondary N) is 1. The molecule has 1 saturated heterocycles. The van der Waals surface area contributed by atoms with E-state index < -0.39 is 51.8 Å². The average Bonchev–Trinajstić information content (AvgIpc) is 3.01. The van der Waals surface area contributed by atoms with Crippen molar-refractivity contribution in [3.63, 3.8) is 0 Å². The lowest BCUT2D eigenvalue weighted by Gasteiger charge is -2.40. The number of aromatic nitrogens is 2. The third kappa shape index (κ3) is 7.08. The molecule has 12 heteroatoms.